The highest BCUT2D eigenvalue weighted by atomic mass is 35.5. The van der Waals surface area contributed by atoms with Crippen molar-refractivity contribution in [3.05, 3.63) is 69.7 Å². The number of rotatable bonds is 6. The van der Waals surface area contributed by atoms with Crippen molar-refractivity contribution in [1.82, 2.24) is 5.32 Å². The first-order valence-electron chi connectivity index (χ1n) is 7.03. The molecule has 23 heavy (non-hydrogen) atoms. The molecule has 1 amide bonds. The summed E-state index contributed by atoms with van der Waals surface area (Å²) in [6.07, 6.45) is 0.526. The molecule has 2 aromatic carbocycles. The van der Waals surface area contributed by atoms with Crippen molar-refractivity contribution in [1.29, 1.82) is 0 Å². The molecule has 120 valence electrons. The van der Waals surface area contributed by atoms with E-state index in [2.05, 4.69) is 5.32 Å². The van der Waals surface area contributed by atoms with Crippen LogP contribution in [0.25, 0.3) is 0 Å². The Balaban J connectivity index is 1.67. The molecule has 1 N–H and O–H groups in total. The van der Waals surface area contributed by atoms with Crippen LogP contribution in [0, 0.1) is 0 Å². The topological polar surface area (TPSA) is 55.4 Å². The van der Waals surface area contributed by atoms with Crippen LogP contribution in [0.1, 0.15) is 27.1 Å². The standard InChI is InChI=1S/C17H15Cl2NO3/c18-14-6-2-12(3-7-14)16(21)20-10-1-11-23-17(22)13-4-8-15(19)9-5-13/h2-9H,1,10-11H2,(H,20,21). The molecule has 0 unspecified atom stereocenters. The van der Waals surface area contributed by atoms with Gasteiger partial charge in [-0.25, -0.2) is 4.79 Å². The number of hydrogen-bond donors (Lipinski definition) is 1. The minimum Gasteiger partial charge on any atom is -0.462 e. The Kier molecular flexibility index (Phi) is 6.44. The highest BCUT2D eigenvalue weighted by Gasteiger charge is 2.07. The zero-order valence-electron chi connectivity index (χ0n) is 12.2. The van der Waals surface area contributed by atoms with Crippen molar-refractivity contribution in [3.63, 3.8) is 0 Å². The molecule has 0 heterocycles. The number of carbonyl (C=O) groups excluding carboxylic acids is 2. The molecule has 0 aliphatic heterocycles. The summed E-state index contributed by atoms with van der Waals surface area (Å²) in [7, 11) is 0. The largest absolute Gasteiger partial charge is 0.462 e. The van der Waals surface area contributed by atoms with Gasteiger partial charge in [-0.2, -0.15) is 0 Å². The number of halogens is 2. The van der Waals surface area contributed by atoms with E-state index in [9.17, 15) is 9.59 Å². The van der Waals surface area contributed by atoms with E-state index in [0.29, 0.717) is 34.1 Å². The Morgan fingerprint density at radius 2 is 1.39 bits per heavy atom. The monoisotopic (exact) mass is 351 g/mol. The number of benzene rings is 2. The van der Waals surface area contributed by atoms with Gasteiger partial charge >= 0.3 is 5.97 Å². The number of hydrogen-bond acceptors (Lipinski definition) is 3. The lowest BCUT2D eigenvalue weighted by Crippen LogP contribution is -2.25. The lowest BCUT2D eigenvalue weighted by atomic mass is 10.2. The Hall–Kier alpha value is -2.04. The summed E-state index contributed by atoms with van der Waals surface area (Å²) in [6.45, 7) is 0.637. The maximum Gasteiger partial charge on any atom is 0.338 e. The number of amides is 1. The summed E-state index contributed by atoms with van der Waals surface area (Å²) in [5, 5.41) is 3.89. The Morgan fingerprint density at radius 3 is 1.96 bits per heavy atom. The summed E-state index contributed by atoms with van der Waals surface area (Å²) >= 11 is 11.5. The highest BCUT2D eigenvalue weighted by Crippen LogP contribution is 2.11. The molecule has 2 rings (SSSR count). The van der Waals surface area contributed by atoms with Gasteiger partial charge in [-0.15, -0.1) is 0 Å². The van der Waals surface area contributed by atoms with E-state index < -0.39 is 5.97 Å². The second-order valence-corrected chi connectivity index (χ2v) is 5.63. The van der Waals surface area contributed by atoms with Gasteiger partial charge in [0.05, 0.1) is 12.2 Å². The van der Waals surface area contributed by atoms with Crippen LogP contribution in [-0.2, 0) is 4.74 Å². The maximum atomic E-state index is 11.8. The maximum absolute atomic E-state index is 11.8. The first kappa shape index (κ1) is 17.3. The molecular weight excluding hydrogens is 337 g/mol. The van der Waals surface area contributed by atoms with Crippen LogP contribution in [0.4, 0.5) is 0 Å². The Morgan fingerprint density at radius 1 is 0.870 bits per heavy atom. The third-order valence-electron chi connectivity index (χ3n) is 3.03. The van der Waals surface area contributed by atoms with Crippen LogP contribution in [0.5, 0.6) is 0 Å². The lowest BCUT2D eigenvalue weighted by Gasteiger charge is -2.07. The molecule has 0 saturated heterocycles. The van der Waals surface area contributed by atoms with E-state index in [0.717, 1.165) is 0 Å². The van der Waals surface area contributed by atoms with Gasteiger partial charge in [-0.1, -0.05) is 23.2 Å². The van der Waals surface area contributed by atoms with Crippen LogP contribution < -0.4 is 5.32 Å². The van der Waals surface area contributed by atoms with Crippen molar-refractivity contribution in [2.45, 2.75) is 6.42 Å². The summed E-state index contributed by atoms with van der Waals surface area (Å²) in [5.41, 5.74) is 0.979. The van der Waals surface area contributed by atoms with Gasteiger partial charge in [0, 0.05) is 22.2 Å². The number of esters is 1. The highest BCUT2D eigenvalue weighted by molar-refractivity contribution is 6.31. The Bertz CT molecular complexity index is 610. The van der Waals surface area contributed by atoms with Gasteiger partial charge in [-0.05, 0) is 55.0 Å². The predicted octanol–water partition coefficient (Wildman–Crippen LogP) is 3.97. The molecule has 0 fully saturated rings. The molecule has 0 aliphatic carbocycles. The molecule has 0 spiro atoms. The molecule has 0 aromatic heterocycles. The van der Waals surface area contributed by atoms with Crippen LogP contribution in [0.15, 0.2) is 48.5 Å². The first-order chi connectivity index (χ1) is 11.1. The fourth-order valence-electron chi connectivity index (χ4n) is 1.81. The SMILES string of the molecule is O=C(NCCCOC(=O)c1ccc(Cl)cc1)c1ccc(Cl)cc1. The average molecular weight is 352 g/mol. The number of nitrogens with one attached hydrogen (secondary N) is 1. The summed E-state index contributed by atoms with van der Waals surface area (Å²) in [4.78, 5) is 23.6. The van der Waals surface area contributed by atoms with Crippen LogP contribution in [-0.4, -0.2) is 25.0 Å². The minimum atomic E-state index is -0.411. The Labute approximate surface area is 144 Å². The third kappa shape index (κ3) is 5.58. The average Bonchev–Trinajstić information content (AvgIpc) is 2.55. The molecule has 0 radical (unpaired) electrons. The molecule has 6 heteroatoms. The molecular formula is C17H15Cl2NO3. The zero-order chi connectivity index (χ0) is 16.7. The van der Waals surface area contributed by atoms with E-state index in [1.54, 1.807) is 48.5 Å². The molecule has 4 nitrogen and oxygen atoms in total. The second-order valence-electron chi connectivity index (χ2n) is 4.76. The van der Waals surface area contributed by atoms with Gasteiger partial charge in [0.15, 0.2) is 0 Å². The third-order valence-corrected chi connectivity index (χ3v) is 3.53. The second kappa shape index (κ2) is 8.56. The summed E-state index contributed by atoms with van der Waals surface area (Å²) in [6, 6.07) is 13.1. The van der Waals surface area contributed by atoms with Crippen molar-refractivity contribution < 1.29 is 14.3 Å². The smallest absolute Gasteiger partial charge is 0.338 e. The van der Waals surface area contributed by atoms with E-state index in [1.165, 1.54) is 0 Å². The number of carbonyl (C=O) groups is 2. The van der Waals surface area contributed by atoms with Crippen molar-refractivity contribution in [2.75, 3.05) is 13.2 Å². The molecule has 0 aliphatic rings. The van der Waals surface area contributed by atoms with E-state index in [1.807, 2.05) is 0 Å². The predicted molar refractivity (Wildman–Crippen MR) is 90.1 cm³/mol. The normalized spacial score (nSPS) is 10.2. The lowest BCUT2D eigenvalue weighted by molar-refractivity contribution is 0.0501. The molecule has 2 aromatic rings. The van der Waals surface area contributed by atoms with Gasteiger partial charge in [-0.3, -0.25) is 4.79 Å². The van der Waals surface area contributed by atoms with E-state index >= 15 is 0 Å². The first-order valence-corrected chi connectivity index (χ1v) is 7.78. The van der Waals surface area contributed by atoms with Gasteiger partial charge < -0.3 is 10.1 Å². The van der Waals surface area contributed by atoms with Crippen molar-refractivity contribution in [2.24, 2.45) is 0 Å². The van der Waals surface area contributed by atoms with Gasteiger partial charge in [0.2, 0.25) is 0 Å². The van der Waals surface area contributed by atoms with Gasteiger partial charge in [0.1, 0.15) is 0 Å². The van der Waals surface area contributed by atoms with E-state index in [4.69, 9.17) is 27.9 Å². The van der Waals surface area contributed by atoms with Gasteiger partial charge in [0.25, 0.3) is 5.91 Å². The van der Waals surface area contributed by atoms with Crippen LogP contribution in [0.2, 0.25) is 10.0 Å². The van der Waals surface area contributed by atoms with Crippen LogP contribution in [0.3, 0.4) is 0 Å². The molecule has 0 atom stereocenters. The zero-order valence-corrected chi connectivity index (χ0v) is 13.7. The summed E-state index contributed by atoms with van der Waals surface area (Å²) < 4.78 is 5.12. The fraction of sp³-hybridized carbons (Fsp3) is 0.176. The minimum absolute atomic E-state index is 0.189. The van der Waals surface area contributed by atoms with Crippen LogP contribution >= 0.6 is 23.2 Å². The van der Waals surface area contributed by atoms with E-state index in [-0.39, 0.29) is 12.5 Å². The molecule has 0 saturated carbocycles. The van der Waals surface area contributed by atoms with Crippen molar-refractivity contribution in [3.8, 4) is 0 Å². The fourth-order valence-corrected chi connectivity index (χ4v) is 2.06. The summed E-state index contributed by atoms with van der Waals surface area (Å²) in [5.74, 6) is -0.601. The molecule has 0 bridgehead atoms. The van der Waals surface area contributed by atoms with Crippen molar-refractivity contribution >= 4 is 35.1 Å². The number of ether oxygens (including phenoxy) is 1. The quantitative estimate of drug-likeness (QED) is 0.632.